The first-order valence-electron chi connectivity index (χ1n) is 5.96. The smallest absolute Gasteiger partial charge is 0.307 e. The van der Waals surface area contributed by atoms with Gasteiger partial charge in [0.2, 0.25) is 5.91 Å². The molecule has 2 N–H and O–H groups in total. The average Bonchev–Trinajstić information content (AvgIpc) is 2.81. The van der Waals surface area contributed by atoms with Crippen LogP contribution in [0.15, 0.2) is 12.2 Å². The number of ether oxygens (including phenoxy) is 1. The van der Waals surface area contributed by atoms with Crippen LogP contribution in [0.25, 0.3) is 0 Å². The fourth-order valence-electron chi connectivity index (χ4n) is 3.13. The van der Waals surface area contributed by atoms with Crippen molar-refractivity contribution in [3.8, 4) is 0 Å². The second kappa shape index (κ2) is 3.84. The number of carboxylic acids is 1. The Hall–Kier alpha value is -1.36. The van der Waals surface area contributed by atoms with Crippen molar-refractivity contribution >= 4 is 11.9 Å². The zero-order valence-electron chi connectivity index (χ0n) is 9.33. The molecule has 3 aliphatic rings. The fraction of sp³-hybridized carbons (Fsp3) is 0.667. The molecule has 0 aromatic rings. The third kappa shape index (κ3) is 1.65. The number of amides is 1. The van der Waals surface area contributed by atoms with Crippen molar-refractivity contribution in [2.45, 2.75) is 12.5 Å². The van der Waals surface area contributed by atoms with Gasteiger partial charge in [-0.1, -0.05) is 12.2 Å². The van der Waals surface area contributed by atoms with Gasteiger partial charge in [-0.2, -0.15) is 0 Å². The Labute approximate surface area is 98.8 Å². The van der Waals surface area contributed by atoms with E-state index in [4.69, 9.17) is 4.74 Å². The number of nitrogens with one attached hydrogen (secondary N) is 1. The lowest BCUT2D eigenvalue weighted by atomic mass is 9.82. The number of carboxylic acid groups (broad SMARTS) is 1. The molecule has 5 nitrogen and oxygen atoms in total. The lowest BCUT2D eigenvalue weighted by Crippen LogP contribution is -2.52. The zero-order chi connectivity index (χ0) is 12.0. The normalized spacial score (nSPS) is 39.1. The van der Waals surface area contributed by atoms with Gasteiger partial charge in [-0.3, -0.25) is 9.59 Å². The van der Waals surface area contributed by atoms with E-state index >= 15 is 0 Å². The van der Waals surface area contributed by atoms with Crippen LogP contribution in [0.5, 0.6) is 0 Å². The van der Waals surface area contributed by atoms with E-state index < -0.39 is 17.8 Å². The molecule has 0 aromatic carbocycles. The molecule has 0 aromatic heterocycles. The second-order valence-corrected chi connectivity index (χ2v) is 5.08. The molecular weight excluding hydrogens is 222 g/mol. The summed E-state index contributed by atoms with van der Waals surface area (Å²) in [6.07, 6.45) is 4.74. The second-order valence-electron chi connectivity index (χ2n) is 5.08. The minimum atomic E-state index is -0.855. The number of hydrogen-bond donors (Lipinski definition) is 2. The van der Waals surface area contributed by atoms with Gasteiger partial charge in [-0.15, -0.1) is 0 Å². The molecule has 4 atom stereocenters. The largest absolute Gasteiger partial charge is 0.481 e. The van der Waals surface area contributed by atoms with Crippen LogP contribution in [0.3, 0.4) is 0 Å². The van der Waals surface area contributed by atoms with Gasteiger partial charge in [0.1, 0.15) is 0 Å². The van der Waals surface area contributed by atoms with Crippen LogP contribution in [0.4, 0.5) is 0 Å². The molecule has 1 saturated heterocycles. The molecule has 1 amide bonds. The Morgan fingerprint density at radius 1 is 1.18 bits per heavy atom. The molecule has 1 saturated carbocycles. The number of carbonyl (C=O) groups is 2. The van der Waals surface area contributed by atoms with Crippen LogP contribution in [0.1, 0.15) is 6.42 Å². The Morgan fingerprint density at radius 3 is 2.35 bits per heavy atom. The number of aliphatic carboxylic acids is 1. The molecule has 2 aliphatic carbocycles. The summed E-state index contributed by atoms with van der Waals surface area (Å²) in [5.41, 5.74) is 0. The van der Waals surface area contributed by atoms with Gasteiger partial charge in [0.05, 0.1) is 31.1 Å². The maximum atomic E-state index is 12.1. The highest BCUT2D eigenvalue weighted by atomic mass is 16.5. The van der Waals surface area contributed by atoms with Crippen molar-refractivity contribution in [1.29, 1.82) is 0 Å². The minimum Gasteiger partial charge on any atom is -0.481 e. The van der Waals surface area contributed by atoms with Gasteiger partial charge >= 0.3 is 5.97 Å². The summed E-state index contributed by atoms with van der Waals surface area (Å²) in [5, 5.41) is 12.1. The summed E-state index contributed by atoms with van der Waals surface area (Å²) in [5.74, 6) is -1.79. The maximum absolute atomic E-state index is 12.1. The van der Waals surface area contributed by atoms with E-state index in [2.05, 4.69) is 5.32 Å². The molecule has 1 heterocycles. The molecule has 5 heteroatoms. The predicted molar refractivity (Wildman–Crippen MR) is 58.1 cm³/mol. The summed E-state index contributed by atoms with van der Waals surface area (Å²) in [4.78, 5) is 23.3. The first kappa shape index (κ1) is 10.8. The van der Waals surface area contributed by atoms with E-state index in [1.54, 1.807) is 0 Å². The standard InChI is InChI=1S/C12H15NO4/c14-11(13-8-4-17-5-8)9-6-1-2-7(3-6)10(9)12(15)16/h1-2,6-10H,3-5H2,(H,13,14)(H,15,16). The van der Waals surface area contributed by atoms with Gasteiger partial charge < -0.3 is 15.2 Å². The summed E-state index contributed by atoms with van der Waals surface area (Å²) < 4.78 is 4.99. The number of carbonyl (C=O) groups excluding carboxylic acids is 1. The molecular formula is C12H15NO4. The van der Waals surface area contributed by atoms with Crippen LogP contribution in [0.2, 0.25) is 0 Å². The molecule has 92 valence electrons. The zero-order valence-corrected chi connectivity index (χ0v) is 9.33. The van der Waals surface area contributed by atoms with E-state index in [1.165, 1.54) is 0 Å². The monoisotopic (exact) mass is 237 g/mol. The molecule has 2 bridgehead atoms. The molecule has 4 unspecified atom stereocenters. The highest BCUT2D eigenvalue weighted by Gasteiger charge is 2.51. The fourth-order valence-corrected chi connectivity index (χ4v) is 3.13. The minimum absolute atomic E-state index is 0.0332. The van der Waals surface area contributed by atoms with Gasteiger partial charge in [0.25, 0.3) is 0 Å². The first-order valence-corrected chi connectivity index (χ1v) is 5.96. The van der Waals surface area contributed by atoms with Crippen molar-refractivity contribution < 1.29 is 19.4 Å². The van der Waals surface area contributed by atoms with E-state index in [1.807, 2.05) is 12.2 Å². The van der Waals surface area contributed by atoms with Crippen LogP contribution in [-0.4, -0.2) is 36.2 Å². The SMILES string of the molecule is O=C(O)C1C2C=CC(C2)C1C(=O)NC1COC1. The lowest BCUT2D eigenvalue weighted by Gasteiger charge is -2.30. The van der Waals surface area contributed by atoms with E-state index in [0.717, 1.165) is 6.42 Å². The molecule has 0 radical (unpaired) electrons. The quantitative estimate of drug-likeness (QED) is 0.679. The lowest BCUT2D eigenvalue weighted by molar-refractivity contribution is -0.148. The van der Waals surface area contributed by atoms with E-state index in [9.17, 15) is 14.7 Å². The highest BCUT2D eigenvalue weighted by Crippen LogP contribution is 2.48. The number of allylic oxidation sites excluding steroid dienone is 2. The summed E-state index contributed by atoms with van der Waals surface area (Å²) in [6.45, 7) is 1.08. The highest BCUT2D eigenvalue weighted by molar-refractivity contribution is 5.87. The van der Waals surface area contributed by atoms with Gasteiger partial charge in [-0.25, -0.2) is 0 Å². The van der Waals surface area contributed by atoms with Crippen molar-refractivity contribution in [1.82, 2.24) is 5.32 Å². The van der Waals surface area contributed by atoms with Crippen molar-refractivity contribution in [3.63, 3.8) is 0 Å². The van der Waals surface area contributed by atoms with E-state index in [0.29, 0.717) is 13.2 Å². The van der Waals surface area contributed by atoms with E-state index in [-0.39, 0.29) is 23.8 Å². The molecule has 1 aliphatic heterocycles. The Kier molecular flexibility index (Phi) is 2.43. The third-order valence-electron chi connectivity index (χ3n) is 4.03. The van der Waals surface area contributed by atoms with Gasteiger partial charge in [0, 0.05) is 0 Å². The average molecular weight is 237 g/mol. The number of fused-ring (bicyclic) bond motifs is 2. The molecule has 17 heavy (non-hydrogen) atoms. The van der Waals surface area contributed by atoms with Crippen LogP contribution in [-0.2, 0) is 14.3 Å². The third-order valence-corrected chi connectivity index (χ3v) is 4.03. The molecule has 0 spiro atoms. The summed E-state index contributed by atoms with van der Waals surface area (Å²) in [7, 11) is 0. The van der Waals surface area contributed by atoms with Crippen LogP contribution >= 0.6 is 0 Å². The van der Waals surface area contributed by atoms with Crippen LogP contribution < -0.4 is 5.32 Å². The van der Waals surface area contributed by atoms with Crippen molar-refractivity contribution in [3.05, 3.63) is 12.2 Å². The van der Waals surface area contributed by atoms with Crippen molar-refractivity contribution in [2.24, 2.45) is 23.7 Å². The number of rotatable bonds is 3. The topological polar surface area (TPSA) is 75.6 Å². The Morgan fingerprint density at radius 2 is 1.82 bits per heavy atom. The van der Waals surface area contributed by atoms with Gasteiger partial charge in [0.15, 0.2) is 0 Å². The molecule has 2 fully saturated rings. The maximum Gasteiger partial charge on any atom is 0.307 e. The predicted octanol–water partition coefficient (Wildman–Crippen LogP) is 0.0243. The summed E-state index contributed by atoms with van der Waals surface area (Å²) in [6, 6.07) is 0.0695. The van der Waals surface area contributed by atoms with Crippen molar-refractivity contribution in [2.75, 3.05) is 13.2 Å². The number of hydrogen-bond acceptors (Lipinski definition) is 3. The molecule has 3 rings (SSSR count). The first-order chi connectivity index (χ1) is 8.16. The Balaban J connectivity index is 1.73. The van der Waals surface area contributed by atoms with Gasteiger partial charge in [-0.05, 0) is 18.3 Å². The Bertz CT molecular complexity index is 388. The van der Waals surface area contributed by atoms with Crippen LogP contribution in [0, 0.1) is 23.7 Å². The summed E-state index contributed by atoms with van der Waals surface area (Å²) >= 11 is 0.